The number of benzene rings is 1. The molecule has 0 atom stereocenters. The van der Waals surface area contributed by atoms with E-state index in [9.17, 15) is 0 Å². The molecule has 2 aromatic rings. The van der Waals surface area contributed by atoms with E-state index in [1.54, 1.807) is 7.11 Å². The second kappa shape index (κ2) is 7.20. The molecule has 0 saturated carbocycles. The molecule has 4 rings (SSSR count). The first-order chi connectivity index (χ1) is 12.3. The second-order valence-electron chi connectivity index (χ2n) is 7.28. The number of aromatic nitrogens is 1. The van der Waals surface area contributed by atoms with Crippen LogP contribution < -0.4 is 9.47 Å². The van der Waals surface area contributed by atoms with Crippen LogP contribution in [0.3, 0.4) is 0 Å². The third-order valence-electron chi connectivity index (χ3n) is 5.62. The third kappa shape index (κ3) is 3.32. The molecule has 134 valence electrons. The highest BCUT2D eigenvalue weighted by Gasteiger charge is 2.20. The molecule has 0 radical (unpaired) electrons. The minimum absolute atomic E-state index is 0.724. The molecule has 2 heterocycles. The summed E-state index contributed by atoms with van der Waals surface area (Å²) >= 11 is 0. The van der Waals surface area contributed by atoms with Crippen LogP contribution in [-0.2, 0) is 12.8 Å². The summed E-state index contributed by atoms with van der Waals surface area (Å²) in [5, 5.41) is 1.24. The van der Waals surface area contributed by atoms with E-state index in [4.69, 9.17) is 14.5 Å². The topological polar surface area (TPSA) is 34.6 Å². The number of nitrogens with zero attached hydrogens (tertiary/aromatic N) is 2. The van der Waals surface area contributed by atoms with Gasteiger partial charge in [0.25, 0.3) is 0 Å². The van der Waals surface area contributed by atoms with Gasteiger partial charge in [0.15, 0.2) is 11.5 Å². The molecule has 0 unspecified atom stereocenters. The fraction of sp³-hybridized carbons (Fsp3) is 0.571. The number of hydrogen-bond acceptors (Lipinski definition) is 4. The summed E-state index contributed by atoms with van der Waals surface area (Å²) in [5.41, 5.74) is 5.11. The molecule has 1 aliphatic heterocycles. The zero-order valence-electron chi connectivity index (χ0n) is 15.4. The van der Waals surface area contributed by atoms with Crippen molar-refractivity contribution in [3.8, 4) is 11.5 Å². The molecule has 4 heteroatoms. The van der Waals surface area contributed by atoms with Gasteiger partial charge in [-0.3, -0.25) is 4.98 Å². The smallest absolute Gasteiger partial charge is 0.163 e. The van der Waals surface area contributed by atoms with Gasteiger partial charge in [-0.05, 0) is 75.7 Å². The summed E-state index contributed by atoms with van der Waals surface area (Å²) < 4.78 is 11.7. The molecular formula is C21H28N2O2. The van der Waals surface area contributed by atoms with Gasteiger partial charge in [-0.15, -0.1) is 0 Å². The largest absolute Gasteiger partial charge is 0.493 e. The van der Waals surface area contributed by atoms with Crippen LogP contribution in [-0.4, -0.2) is 43.2 Å². The number of likely N-dealkylation sites (tertiary alicyclic amines) is 1. The van der Waals surface area contributed by atoms with Gasteiger partial charge in [0.1, 0.15) is 0 Å². The summed E-state index contributed by atoms with van der Waals surface area (Å²) in [6.07, 6.45) is 7.27. The maximum Gasteiger partial charge on any atom is 0.163 e. The first-order valence-corrected chi connectivity index (χ1v) is 9.61. The number of aryl methyl sites for hydroxylation is 2. The third-order valence-corrected chi connectivity index (χ3v) is 5.62. The Balaban J connectivity index is 1.53. The maximum absolute atomic E-state index is 6.06. The summed E-state index contributed by atoms with van der Waals surface area (Å²) in [6.45, 7) is 6.47. The number of methoxy groups -OCH3 is 1. The Labute approximate surface area is 150 Å². The Morgan fingerprint density at radius 3 is 2.64 bits per heavy atom. The molecule has 1 aromatic carbocycles. The van der Waals surface area contributed by atoms with Crippen molar-refractivity contribution in [1.29, 1.82) is 0 Å². The van der Waals surface area contributed by atoms with E-state index in [1.807, 2.05) is 0 Å². The minimum Gasteiger partial charge on any atom is -0.493 e. The van der Waals surface area contributed by atoms with Gasteiger partial charge in [-0.2, -0.15) is 0 Å². The second-order valence-corrected chi connectivity index (χ2v) is 7.28. The normalized spacial score (nSPS) is 17.2. The van der Waals surface area contributed by atoms with Gasteiger partial charge < -0.3 is 14.4 Å². The quantitative estimate of drug-likeness (QED) is 0.747. The molecule has 0 amide bonds. The molecule has 25 heavy (non-hydrogen) atoms. The molecule has 2 aliphatic rings. The molecule has 0 spiro atoms. The highest BCUT2D eigenvalue weighted by atomic mass is 16.5. The standard InChI is InChI=1S/C21H28N2O2/c1-15-16-7-5-8-17(16)18-13-20(24-2)21(14-19(18)22-15)25-12-6-11-23-9-3-4-10-23/h13-14H,3-12H2,1-2H3. The lowest BCUT2D eigenvalue weighted by Gasteiger charge is -2.16. The molecule has 1 saturated heterocycles. The minimum atomic E-state index is 0.724. The average Bonchev–Trinajstić information content (AvgIpc) is 3.30. The molecular weight excluding hydrogens is 312 g/mol. The average molecular weight is 340 g/mol. The lowest BCUT2D eigenvalue weighted by atomic mass is 10.0. The van der Waals surface area contributed by atoms with Gasteiger partial charge in [0.05, 0.1) is 19.2 Å². The molecule has 1 aromatic heterocycles. The van der Waals surface area contributed by atoms with Crippen molar-refractivity contribution in [3.05, 3.63) is 29.0 Å². The number of pyridine rings is 1. The lowest BCUT2D eigenvalue weighted by molar-refractivity contribution is 0.254. The van der Waals surface area contributed by atoms with E-state index in [2.05, 4.69) is 24.0 Å². The Morgan fingerprint density at radius 1 is 1.04 bits per heavy atom. The molecule has 1 aliphatic carbocycles. The van der Waals surface area contributed by atoms with Gasteiger partial charge in [0.2, 0.25) is 0 Å². The molecule has 1 fully saturated rings. The molecule has 0 N–H and O–H groups in total. The highest BCUT2D eigenvalue weighted by Crippen LogP contribution is 2.37. The van der Waals surface area contributed by atoms with Crippen molar-refractivity contribution < 1.29 is 9.47 Å². The van der Waals surface area contributed by atoms with Crippen LogP contribution in [0.2, 0.25) is 0 Å². The van der Waals surface area contributed by atoms with Gasteiger partial charge >= 0.3 is 0 Å². The number of hydrogen-bond donors (Lipinski definition) is 0. The van der Waals surface area contributed by atoms with Crippen LogP contribution in [0.4, 0.5) is 0 Å². The summed E-state index contributed by atoms with van der Waals surface area (Å²) in [5.74, 6) is 1.65. The predicted molar refractivity (Wildman–Crippen MR) is 101 cm³/mol. The lowest BCUT2D eigenvalue weighted by Crippen LogP contribution is -2.21. The van der Waals surface area contributed by atoms with Gasteiger partial charge in [-0.25, -0.2) is 0 Å². The fourth-order valence-corrected chi connectivity index (χ4v) is 4.32. The SMILES string of the molecule is COc1cc2c3c(c(C)nc2cc1OCCCN1CCCC1)CCC3. The highest BCUT2D eigenvalue weighted by molar-refractivity contribution is 5.87. The van der Waals surface area contributed by atoms with Crippen molar-refractivity contribution in [2.75, 3.05) is 33.4 Å². The monoisotopic (exact) mass is 340 g/mol. The van der Waals surface area contributed by atoms with Crippen LogP contribution in [0.5, 0.6) is 11.5 Å². The summed E-state index contributed by atoms with van der Waals surface area (Å²) in [4.78, 5) is 7.35. The summed E-state index contributed by atoms with van der Waals surface area (Å²) in [6, 6.07) is 4.19. The zero-order chi connectivity index (χ0) is 17.2. The Morgan fingerprint density at radius 2 is 1.84 bits per heavy atom. The van der Waals surface area contributed by atoms with E-state index < -0.39 is 0 Å². The van der Waals surface area contributed by atoms with Crippen LogP contribution in [0, 0.1) is 6.92 Å². The van der Waals surface area contributed by atoms with Crippen molar-refractivity contribution >= 4 is 10.9 Å². The van der Waals surface area contributed by atoms with Gasteiger partial charge in [0, 0.05) is 23.7 Å². The van der Waals surface area contributed by atoms with Crippen molar-refractivity contribution in [2.45, 2.75) is 45.4 Å². The van der Waals surface area contributed by atoms with Gasteiger partial charge in [-0.1, -0.05) is 0 Å². The van der Waals surface area contributed by atoms with E-state index in [0.29, 0.717) is 0 Å². The van der Waals surface area contributed by atoms with Crippen LogP contribution in [0.25, 0.3) is 10.9 Å². The fourth-order valence-electron chi connectivity index (χ4n) is 4.32. The van der Waals surface area contributed by atoms with Crippen LogP contribution in [0.15, 0.2) is 12.1 Å². The number of rotatable bonds is 6. The molecule has 4 nitrogen and oxygen atoms in total. The Bertz CT molecular complexity index is 766. The first-order valence-electron chi connectivity index (χ1n) is 9.61. The van der Waals surface area contributed by atoms with E-state index >= 15 is 0 Å². The number of fused-ring (bicyclic) bond motifs is 3. The number of ether oxygens (including phenoxy) is 2. The van der Waals surface area contributed by atoms with Crippen molar-refractivity contribution in [3.63, 3.8) is 0 Å². The van der Waals surface area contributed by atoms with E-state index in [1.165, 1.54) is 54.6 Å². The van der Waals surface area contributed by atoms with Crippen molar-refractivity contribution in [2.24, 2.45) is 0 Å². The Kier molecular flexibility index (Phi) is 4.80. The van der Waals surface area contributed by atoms with Crippen molar-refractivity contribution in [1.82, 2.24) is 9.88 Å². The Hall–Kier alpha value is -1.81. The zero-order valence-corrected chi connectivity index (χ0v) is 15.4. The predicted octanol–water partition coefficient (Wildman–Crippen LogP) is 3.91. The van der Waals surface area contributed by atoms with Crippen LogP contribution >= 0.6 is 0 Å². The van der Waals surface area contributed by atoms with Crippen LogP contribution in [0.1, 0.15) is 42.5 Å². The first kappa shape index (κ1) is 16.6. The maximum atomic E-state index is 6.06. The van der Waals surface area contributed by atoms with E-state index in [0.717, 1.165) is 49.4 Å². The molecule has 0 bridgehead atoms. The van der Waals surface area contributed by atoms with E-state index in [-0.39, 0.29) is 0 Å². The summed E-state index contributed by atoms with van der Waals surface area (Å²) in [7, 11) is 1.72.